The smallest absolute Gasteiger partial charge is 0.0702 e. The standard InChI is InChI=1S/C49H41N3/c1-5-7-10-18-34(3)37-30-38(44-23-15-16-29-50-44)32-40(31-37)52-46-25-14-13-21-42(46)49-41(22-17-26-48(49)52)36-27-28-47-43(33-36)35(4)45(24-8-6-2)51(47)39-19-11-9-12-20-39/h5-12,14-20,22-33H,2-3,13,21H2,1,4H3/b7-5-,18-10-,24-8-. The largest absolute Gasteiger partial charge is 0.310 e. The van der Waals surface area contributed by atoms with Gasteiger partial charge in [0.2, 0.25) is 0 Å². The molecule has 0 amide bonds. The summed E-state index contributed by atoms with van der Waals surface area (Å²) < 4.78 is 4.79. The monoisotopic (exact) mass is 671 g/mol. The van der Waals surface area contributed by atoms with Gasteiger partial charge in [0, 0.05) is 45.3 Å². The Morgan fingerprint density at radius 2 is 1.65 bits per heavy atom. The van der Waals surface area contributed by atoms with Crippen LogP contribution < -0.4 is 0 Å². The van der Waals surface area contributed by atoms with Crippen molar-refractivity contribution in [1.29, 1.82) is 0 Å². The first-order valence-corrected chi connectivity index (χ1v) is 18.0. The number of hydrogen-bond donors (Lipinski definition) is 0. The van der Waals surface area contributed by atoms with E-state index < -0.39 is 0 Å². The van der Waals surface area contributed by atoms with Crippen LogP contribution in [0.2, 0.25) is 0 Å². The van der Waals surface area contributed by atoms with Gasteiger partial charge in [-0.15, -0.1) is 0 Å². The summed E-state index contributed by atoms with van der Waals surface area (Å²) in [5.41, 5.74) is 16.1. The second-order valence-corrected chi connectivity index (χ2v) is 13.2. The second-order valence-electron chi connectivity index (χ2n) is 13.2. The van der Waals surface area contributed by atoms with E-state index in [1.807, 2.05) is 55.6 Å². The molecule has 0 aliphatic heterocycles. The van der Waals surface area contributed by atoms with Crippen LogP contribution in [0.3, 0.4) is 0 Å². The molecule has 252 valence electrons. The van der Waals surface area contributed by atoms with Crippen LogP contribution in [0.15, 0.2) is 165 Å². The van der Waals surface area contributed by atoms with Crippen LogP contribution in [-0.4, -0.2) is 14.1 Å². The Balaban J connectivity index is 1.35. The predicted molar refractivity (Wildman–Crippen MR) is 223 cm³/mol. The molecule has 0 fully saturated rings. The minimum absolute atomic E-state index is 0.936. The van der Waals surface area contributed by atoms with Crippen molar-refractivity contribution in [2.24, 2.45) is 0 Å². The van der Waals surface area contributed by atoms with Crippen LogP contribution in [-0.2, 0) is 6.42 Å². The molecular formula is C49H41N3. The van der Waals surface area contributed by atoms with Crippen molar-refractivity contribution in [3.8, 4) is 33.8 Å². The fraction of sp³-hybridized carbons (Fsp3) is 0.0816. The van der Waals surface area contributed by atoms with Crippen molar-refractivity contribution >= 4 is 39.5 Å². The summed E-state index contributed by atoms with van der Waals surface area (Å²) in [7, 11) is 0. The average molecular weight is 672 g/mol. The summed E-state index contributed by atoms with van der Waals surface area (Å²) in [6.07, 6.45) is 22.7. The van der Waals surface area contributed by atoms with E-state index >= 15 is 0 Å². The van der Waals surface area contributed by atoms with Crippen molar-refractivity contribution in [2.75, 3.05) is 0 Å². The van der Waals surface area contributed by atoms with Gasteiger partial charge in [-0.05, 0) is 133 Å². The Kier molecular flexibility index (Phi) is 8.84. The fourth-order valence-corrected chi connectivity index (χ4v) is 7.64. The van der Waals surface area contributed by atoms with Crippen LogP contribution in [0.5, 0.6) is 0 Å². The van der Waals surface area contributed by atoms with Gasteiger partial charge in [0.1, 0.15) is 0 Å². The van der Waals surface area contributed by atoms with Gasteiger partial charge in [0.25, 0.3) is 0 Å². The van der Waals surface area contributed by atoms with Crippen molar-refractivity contribution < 1.29 is 0 Å². The van der Waals surface area contributed by atoms with Crippen LogP contribution in [0.1, 0.15) is 41.4 Å². The molecule has 0 bridgehead atoms. The highest BCUT2D eigenvalue weighted by molar-refractivity contribution is 6.04. The number of fused-ring (bicyclic) bond motifs is 4. The third-order valence-electron chi connectivity index (χ3n) is 10.1. The van der Waals surface area contributed by atoms with E-state index in [4.69, 9.17) is 4.98 Å². The Morgan fingerprint density at radius 3 is 2.46 bits per heavy atom. The maximum absolute atomic E-state index is 4.73. The van der Waals surface area contributed by atoms with E-state index in [9.17, 15) is 0 Å². The molecule has 3 heteroatoms. The van der Waals surface area contributed by atoms with Crippen molar-refractivity contribution in [3.05, 3.63) is 193 Å². The Bertz CT molecular complexity index is 2600. The van der Waals surface area contributed by atoms with Gasteiger partial charge < -0.3 is 9.13 Å². The molecule has 8 rings (SSSR count). The predicted octanol–water partition coefficient (Wildman–Crippen LogP) is 12.9. The molecule has 4 aromatic carbocycles. The number of aryl methyl sites for hydroxylation is 2. The molecule has 0 N–H and O–H groups in total. The molecule has 0 spiro atoms. The van der Waals surface area contributed by atoms with E-state index in [2.05, 4.69) is 145 Å². The molecule has 0 atom stereocenters. The number of para-hydroxylation sites is 1. The first kappa shape index (κ1) is 32.7. The Morgan fingerprint density at radius 1 is 0.788 bits per heavy atom. The second kappa shape index (κ2) is 14.0. The molecule has 3 aromatic heterocycles. The quantitative estimate of drug-likeness (QED) is 0.140. The number of aromatic nitrogens is 3. The van der Waals surface area contributed by atoms with Crippen molar-refractivity contribution in [2.45, 2.75) is 26.7 Å². The van der Waals surface area contributed by atoms with Crippen LogP contribution >= 0.6 is 0 Å². The number of benzene rings is 4. The zero-order valence-electron chi connectivity index (χ0n) is 29.8. The fourth-order valence-electron chi connectivity index (χ4n) is 7.64. The van der Waals surface area contributed by atoms with E-state index in [0.29, 0.717) is 0 Å². The Hall–Kier alpha value is -6.45. The van der Waals surface area contributed by atoms with Gasteiger partial charge in [-0.25, -0.2) is 0 Å². The summed E-state index contributed by atoms with van der Waals surface area (Å²) in [5, 5.41) is 2.55. The molecule has 0 saturated heterocycles. The topological polar surface area (TPSA) is 22.8 Å². The van der Waals surface area contributed by atoms with E-state index in [-0.39, 0.29) is 0 Å². The number of nitrogens with zero attached hydrogens (tertiary/aromatic N) is 3. The maximum Gasteiger partial charge on any atom is 0.0702 e. The van der Waals surface area contributed by atoms with Gasteiger partial charge in [-0.1, -0.05) is 98.2 Å². The number of hydrogen-bond acceptors (Lipinski definition) is 1. The lowest BCUT2D eigenvalue weighted by molar-refractivity contribution is 0.967. The SMILES string of the molecule is C=C/C=C\c1c(C)c2cc(-c3cccc4c3c3c(n4-c4cc(C(=C)/C=C\C=C/C)cc(-c5ccccn5)c4)C=CCC3)ccc2n1-c1ccccc1. The molecule has 1 aliphatic carbocycles. The average Bonchev–Trinajstić information content (AvgIpc) is 3.68. The van der Waals surface area contributed by atoms with Gasteiger partial charge in [-0.3, -0.25) is 4.98 Å². The zero-order chi connectivity index (χ0) is 35.6. The highest BCUT2D eigenvalue weighted by atomic mass is 15.0. The lowest BCUT2D eigenvalue weighted by Crippen LogP contribution is -2.01. The Labute approximate surface area is 306 Å². The van der Waals surface area contributed by atoms with Crippen LogP contribution in [0.25, 0.3) is 73.3 Å². The van der Waals surface area contributed by atoms with Gasteiger partial charge in [-0.2, -0.15) is 0 Å². The third-order valence-corrected chi connectivity index (χ3v) is 10.1. The van der Waals surface area contributed by atoms with E-state index in [1.54, 1.807) is 0 Å². The summed E-state index contributed by atoms with van der Waals surface area (Å²) >= 11 is 0. The minimum Gasteiger partial charge on any atom is -0.310 e. The molecule has 0 unspecified atom stereocenters. The zero-order valence-corrected chi connectivity index (χ0v) is 29.8. The number of rotatable bonds is 9. The molecule has 3 nitrogen and oxygen atoms in total. The third kappa shape index (κ3) is 5.80. The summed E-state index contributed by atoms with van der Waals surface area (Å²) in [4.78, 5) is 4.73. The van der Waals surface area contributed by atoms with E-state index in [1.165, 1.54) is 49.8 Å². The van der Waals surface area contributed by atoms with Gasteiger partial charge in [0.15, 0.2) is 0 Å². The highest BCUT2D eigenvalue weighted by Crippen LogP contribution is 2.42. The molecule has 1 aliphatic rings. The lowest BCUT2D eigenvalue weighted by Gasteiger charge is -2.15. The van der Waals surface area contributed by atoms with Crippen LogP contribution in [0, 0.1) is 6.92 Å². The van der Waals surface area contributed by atoms with Crippen molar-refractivity contribution in [3.63, 3.8) is 0 Å². The first-order chi connectivity index (χ1) is 25.6. The molecule has 3 heterocycles. The molecule has 0 saturated carbocycles. The first-order valence-electron chi connectivity index (χ1n) is 18.0. The lowest BCUT2D eigenvalue weighted by atomic mass is 9.93. The number of allylic oxidation sites excluding steroid dienone is 8. The molecule has 7 aromatic rings. The molecular weight excluding hydrogens is 631 g/mol. The van der Waals surface area contributed by atoms with E-state index in [0.717, 1.165) is 52.3 Å². The normalized spacial score (nSPS) is 12.9. The highest BCUT2D eigenvalue weighted by Gasteiger charge is 2.23. The summed E-state index contributed by atoms with van der Waals surface area (Å²) in [6, 6.07) is 37.1. The molecule has 0 radical (unpaired) electrons. The number of pyridine rings is 1. The maximum atomic E-state index is 4.73. The van der Waals surface area contributed by atoms with Crippen LogP contribution in [0.4, 0.5) is 0 Å². The summed E-state index contributed by atoms with van der Waals surface area (Å²) in [5.74, 6) is 0. The van der Waals surface area contributed by atoms with Crippen molar-refractivity contribution in [1.82, 2.24) is 14.1 Å². The minimum atomic E-state index is 0.936. The summed E-state index contributed by atoms with van der Waals surface area (Å²) in [6.45, 7) is 12.6. The van der Waals surface area contributed by atoms with Gasteiger partial charge in [0.05, 0.1) is 16.7 Å². The van der Waals surface area contributed by atoms with Gasteiger partial charge >= 0.3 is 0 Å². The molecule has 52 heavy (non-hydrogen) atoms.